The van der Waals surface area contributed by atoms with Crippen LogP contribution < -0.4 is 4.90 Å². The molecule has 0 bridgehead atoms. The van der Waals surface area contributed by atoms with E-state index in [4.69, 9.17) is 0 Å². The molecule has 25 heavy (non-hydrogen) atoms. The third kappa shape index (κ3) is 3.17. The van der Waals surface area contributed by atoms with Crippen LogP contribution in [-0.4, -0.2) is 56.8 Å². The molecule has 4 rings (SSSR count). The van der Waals surface area contributed by atoms with Crippen LogP contribution in [0.25, 0.3) is 5.65 Å². The number of aromatic nitrogens is 4. The summed E-state index contributed by atoms with van der Waals surface area (Å²) in [5.74, 6) is 0.148. The fourth-order valence-electron chi connectivity index (χ4n) is 3.22. The third-order valence-electron chi connectivity index (χ3n) is 4.54. The molecule has 1 aliphatic rings. The number of piperazine rings is 1. The van der Waals surface area contributed by atoms with E-state index in [-0.39, 0.29) is 5.91 Å². The number of carbonyl (C=O) groups is 1. The van der Waals surface area contributed by atoms with Gasteiger partial charge in [-0.2, -0.15) is 9.61 Å². The van der Waals surface area contributed by atoms with Crippen molar-refractivity contribution in [2.75, 3.05) is 31.1 Å². The van der Waals surface area contributed by atoms with Gasteiger partial charge in [-0.3, -0.25) is 4.79 Å². The van der Waals surface area contributed by atoms with Crippen molar-refractivity contribution in [3.05, 3.63) is 54.0 Å². The minimum atomic E-state index is 0.148. The van der Waals surface area contributed by atoms with Gasteiger partial charge in [0.2, 0.25) is 11.6 Å². The van der Waals surface area contributed by atoms with Gasteiger partial charge in [0, 0.05) is 19.6 Å². The van der Waals surface area contributed by atoms with Gasteiger partial charge < -0.3 is 9.80 Å². The molecule has 0 unspecified atom stereocenters. The fourth-order valence-corrected chi connectivity index (χ4v) is 3.22. The lowest BCUT2D eigenvalue weighted by Crippen LogP contribution is -2.51. The predicted octanol–water partition coefficient (Wildman–Crippen LogP) is 1.32. The Balaban J connectivity index is 1.46. The monoisotopic (exact) mass is 336 g/mol. The zero-order valence-corrected chi connectivity index (χ0v) is 14.2. The number of aryl methyl sites for hydroxylation is 1. The quantitative estimate of drug-likeness (QED) is 0.719. The molecule has 1 aromatic carbocycles. The minimum Gasteiger partial charge on any atom is -0.357 e. The molecule has 0 radical (unpaired) electrons. The Morgan fingerprint density at radius 3 is 2.80 bits per heavy atom. The maximum atomic E-state index is 12.6. The van der Waals surface area contributed by atoms with E-state index in [0.29, 0.717) is 18.7 Å². The molecule has 3 aromatic rings. The summed E-state index contributed by atoms with van der Waals surface area (Å²) in [4.78, 5) is 16.6. The van der Waals surface area contributed by atoms with Crippen LogP contribution >= 0.6 is 0 Å². The van der Waals surface area contributed by atoms with E-state index in [2.05, 4.69) is 32.3 Å². The highest BCUT2D eigenvalue weighted by Gasteiger charge is 2.25. The molecule has 2 aromatic heterocycles. The molecule has 0 aliphatic carbocycles. The second-order valence-electron chi connectivity index (χ2n) is 6.31. The summed E-state index contributed by atoms with van der Waals surface area (Å²) in [7, 11) is 0. The smallest absolute Gasteiger partial charge is 0.242 e. The largest absolute Gasteiger partial charge is 0.357 e. The van der Waals surface area contributed by atoms with Gasteiger partial charge in [-0.15, -0.1) is 10.2 Å². The van der Waals surface area contributed by atoms with Crippen molar-refractivity contribution in [3.63, 3.8) is 0 Å². The zero-order valence-electron chi connectivity index (χ0n) is 14.2. The molecular weight excluding hydrogens is 316 g/mol. The number of hydrogen-bond acceptors (Lipinski definition) is 5. The van der Waals surface area contributed by atoms with E-state index in [1.165, 1.54) is 5.56 Å². The molecule has 7 nitrogen and oxygen atoms in total. The summed E-state index contributed by atoms with van der Waals surface area (Å²) >= 11 is 0. The van der Waals surface area contributed by atoms with Crippen molar-refractivity contribution in [2.45, 2.75) is 13.3 Å². The Kier molecular flexibility index (Phi) is 4.05. The number of nitrogens with zero attached hydrogens (tertiary/aromatic N) is 6. The topological polar surface area (TPSA) is 66.6 Å². The number of benzene rings is 1. The van der Waals surface area contributed by atoms with Gasteiger partial charge in [0.1, 0.15) is 6.33 Å². The molecule has 0 atom stereocenters. The maximum Gasteiger partial charge on any atom is 0.242 e. The highest BCUT2D eigenvalue weighted by Crippen LogP contribution is 2.22. The first kappa shape index (κ1) is 15.6. The zero-order chi connectivity index (χ0) is 17.2. The normalized spacial score (nSPS) is 15.2. The van der Waals surface area contributed by atoms with Crippen molar-refractivity contribution in [2.24, 2.45) is 0 Å². The Hall–Kier alpha value is -2.96. The molecule has 1 saturated heterocycles. The summed E-state index contributed by atoms with van der Waals surface area (Å²) in [6, 6.07) is 12.2. The van der Waals surface area contributed by atoms with E-state index in [1.807, 2.05) is 36.1 Å². The van der Waals surface area contributed by atoms with Crippen LogP contribution in [0.1, 0.15) is 11.3 Å². The van der Waals surface area contributed by atoms with Crippen molar-refractivity contribution in [1.82, 2.24) is 24.7 Å². The molecule has 0 spiro atoms. The molecule has 0 N–H and O–H groups in total. The molecule has 7 heteroatoms. The minimum absolute atomic E-state index is 0.148. The van der Waals surface area contributed by atoms with E-state index >= 15 is 0 Å². The highest BCUT2D eigenvalue weighted by atomic mass is 16.2. The average Bonchev–Trinajstić information content (AvgIpc) is 3.09. The van der Waals surface area contributed by atoms with E-state index < -0.39 is 0 Å². The van der Waals surface area contributed by atoms with Gasteiger partial charge in [-0.1, -0.05) is 30.3 Å². The summed E-state index contributed by atoms with van der Waals surface area (Å²) in [6.07, 6.45) is 2.47. The first-order valence-corrected chi connectivity index (χ1v) is 8.45. The number of fused-ring (bicyclic) bond motifs is 1. The molecule has 1 aliphatic heterocycles. The second kappa shape index (κ2) is 6.51. The van der Waals surface area contributed by atoms with Gasteiger partial charge in [0.05, 0.1) is 17.9 Å². The number of hydrogen-bond donors (Lipinski definition) is 0. The Bertz CT molecular complexity index is 891. The van der Waals surface area contributed by atoms with Crippen molar-refractivity contribution < 1.29 is 4.79 Å². The van der Waals surface area contributed by atoms with Crippen LogP contribution in [0.4, 0.5) is 5.69 Å². The standard InChI is InChI=1S/C18H20N6O/c1-14-11-16(18-20-19-13-24(18)21-14)23-10-9-22(17(25)12-23)8-7-15-5-3-2-4-6-15/h2-6,11,13H,7-10,12H2,1H3. The van der Waals surface area contributed by atoms with Crippen LogP contribution in [0.3, 0.4) is 0 Å². The summed E-state index contributed by atoms with van der Waals surface area (Å²) < 4.78 is 1.66. The van der Waals surface area contributed by atoms with Gasteiger partial charge in [-0.05, 0) is 25.0 Å². The molecule has 128 valence electrons. The lowest BCUT2D eigenvalue weighted by Gasteiger charge is -2.35. The van der Waals surface area contributed by atoms with Crippen LogP contribution in [-0.2, 0) is 11.2 Å². The summed E-state index contributed by atoms with van der Waals surface area (Å²) in [6.45, 7) is 4.55. The van der Waals surface area contributed by atoms with Gasteiger partial charge in [0.15, 0.2) is 0 Å². The maximum absolute atomic E-state index is 12.6. The van der Waals surface area contributed by atoms with Crippen LogP contribution in [0.2, 0.25) is 0 Å². The Morgan fingerprint density at radius 1 is 1.16 bits per heavy atom. The lowest BCUT2D eigenvalue weighted by molar-refractivity contribution is -0.130. The SMILES string of the molecule is Cc1cc(N2CCN(CCc3ccccc3)C(=O)C2)c2nncn2n1. The van der Waals surface area contributed by atoms with Gasteiger partial charge >= 0.3 is 0 Å². The Labute approximate surface area is 145 Å². The number of amides is 1. The van der Waals surface area contributed by atoms with Crippen molar-refractivity contribution >= 4 is 17.2 Å². The second-order valence-corrected chi connectivity index (χ2v) is 6.31. The third-order valence-corrected chi connectivity index (χ3v) is 4.54. The fraction of sp³-hybridized carbons (Fsp3) is 0.333. The van der Waals surface area contributed by atoms with Gasteiger partial charge in [-0.25, -0.2) is 0 Å². The number of carbonyl (C=O) groups excluding carboxylic acids is 1. The average molecular weight is 336 g/mol. The number of anilines is 1. The Morgan fingerprint density at radius 2 is 2.00 bits per heavy atom. The summed E-state index contributed by atoms with van der Waals surface area (Å²) in [5, 5.41) is 12.4. The molecule has 1 amide bonds. The lowest BCUT2D eigenvalue weighted by atomic mass is 10.1. The van der Waals surface area contributed by atoms with E-state index in [1.54, 1.807) is 10.8 Å². The van der Waals surface area contributed by atoms with Crippen molar-refractivity contribution in [3.8, 4) is 0 Å². The predicted molar refractivity (Wildman–Crippen MR) is 94.5 cm³/mol. The molecule has 3 heterocycles. The summed E-state index contributed by atoms with van der Waals surface area (Å²) in [5.41, 5.74) is 3.74. The molecule has 0 saturated carbocycles. The first-order valence-electron chi connectivity index (χ1n) is 8.45. The van der Waals surface area contributed by atoms with Crippen LogP contribution in [0.15, 0.2) is 42.7 Å². The first-order chi connectivity index (χ1) is 12.2. The highest BCUT2D eigenvalue weighted by molar-refractivity contribution is 5.84. The van der Waals surface area contributed by atoms with Crippen LogP contribution in [0.5, 0.6) is 0 Å². The molecule has 1 fully saturated rings. The van der Waals surface area contributed by atoms with Crippen molar-refractivity contribution in [1.29, 1.82) is 0 Å². The number of rotatable bonds is 4. The van der Waals surface area contributed by atoms with Gasteiger partial charge in [0.25, 0.3) is 0 Å². The molecular formula is C18H20N6O. The van der Waals surface area contributed by atoms with E-state index in [9.17, 15) is 4.79 Å². The van der Waals surface area contributed by atoms with Crippen LogP contribution in [0, 0.1) is 6.92 Å². The van der Waals surface area contributed by atoms with E-state index in [0.717, 1.165) is 30.9 Å².